The first-order chi connectivity index (χ1) is 13.1. The molecule has 3 aromatic rings. The van der Waals surface area contributed by atoms with E-state index in [0.717, 1.165) is 22.8 Å². The second-order valence-corrected chi connectivity index (χ2v) is 6.77. The van der Waals surface area contributed by atoms with Crippen LogP contribution in [0.5, 0.6) is 0 Å². The average Bonchev–Trinajstić information content (AvgIpc) is 2.70. The van der Waals surface area contributed by atoms with Gasteiger partial charge in [-0.3, -0.25) is 0 Å². The van der Waals surface area contributed by atoms with Crippen LogP contribution in [0.1, 0.15) is 29.9 Å². The molecule has 4 rings (SSSR count). The number of benzene rings is 3. The number of ether oxygens (including phenoxy) is 2. The highest BCUT2D eigenvalue weighted by Gasteiger charge is 2.20. The van der Waals surface area contributed by atoms with Gasteiger partial charge in [-0.1, -0.05) is 43.0 Å². The van der Waals surface area contributed by atoms with E-state index in [1.54, 1.807) is 24.3 Å². The summed E-state index contributed by atoms with van der Waals surface area (Å²) in [6, 6.07) is 15.4. The standard InChI is InChI=1S/C23H18F2O2/c1-15-13-26-23(27-14-15)18-7-4-16(5-8-18)2-3-17-6-10-20-19(12-17)9-11-21(24)22(20)25/h4-12,15,23H,13-14H2,1H3. The maximum Gasteiger partial charge on any atom is 0.183 e. The number of hydrogen-bond acceptors (Lipinski definition) is 2. The second kappa shape index (κ2) is 7.48. The van der Waals surface area contributed by atoms with Crippen LogP contribution in [-0.2, 0) is 9.47 Å². The van der Waals surface area contributed by atoms with Gasteiger partial charge in [0.2, 0.25) is 0 Å². The van der Waals surface area contributed by atoms with E-state index in [0.29, 0.717) is 24.5 Å². The molecule has 2 nitrogen and oxygen atoms in total. The zero-order chi connectivity index (χ0) is 18.8. The van der Waals surface area contributed by atoms with Crippen LogP contribution < -0.4 is 0 Å². The average molecular weight is 364 g/mol. The Morgan fingerprint density at radius 2 is 1.52 bits per heavy atom. The topological polar surface area (TPSA) is 18.5 Å². The minimum absolute atomic E-state index is 0.256. The summed E-state index contributed by atoms with van der Waals surface area (Å²) < 4.78 is 38.4. The first kappa shape index (κ1) is 17.7. The third-order valence-electron chi connectivity index (χ3n) is 4.51. The van der Waals surface area contributed by atoms with Crippen LogP contribution in [0.15, 0.2) is 54.6 Å². The van der Waals surface area contributed by atoms with Crippen molar-refractivity contribution in [3.05, 3.63) is 82.9 Å². The smallest absolute Gasteiger partial charge is 0.183 e. The Balaban J connectivity index is 1.52. The van der Waals surface area contributed by atoms with Gasteiger partial charge >= 0.3 is 0 Å². The van der Waals surface area contributed by atoms with E-state index in [1.807, 2.05) is 24.3 Å². The quantitative estimate of drug-likeness (QED) is 0.553. The maximum absolute atomic E-state index is 13.8. The van der Waals surface area contributed by atoms with Crippen LogP contribution in [0.3, 0.4) is 0 Å². The number of hydrogen-bond donors (Lipinski definition) is 0. The Morgan fingerprint density at radius 1 is 0.852 bits per heavy atom. The van der Waals surface area contributed by atoms with Gasteiger partial charge in [0.25, 0.3) is 0 Å². The SMILES string of the molecule is CC1COC(c2ccc(C#Cc3ccc4c(F)c(F)ccc4c3)cc2)OC1. The molecule has 0 spiro atoms. The van der Waals surface area contributed by atoms with Crippen molar-refractivity contribution in [2.24, 2.45) is 5.92 Å². The van der Waals surface area contributed by atoms with Crippen LogP contribution in [-0.4, -0.2) is 13.2 Å². The summed E-state index contributed by atoms with van der Waals surface area (Å²) in [5, 5.41) is 0.878. The molecule has 1 heterocycles. The number of halogens is 2. The van der Waals surface area contributed by atoms with Gasteiger partial charge in [0.1, 0.15) is 0 Å². The van der Waals surface area contributed by atoms with Crippen molar-refractivity contribution >= 4 is 10.8 Å². The largest absolute Gasteiger partial charge is 0.348 e. The van der Waals surface area contributed by atoms with Gasteiger partial charge in [-0.05, 0) is 35.7 Å². The molecule has 0 atom stereocenters. The molecule has 1 saturated heterocycles. The van der Waals surface area contributed by atoms with E-state index in [9.17, 15) is 8.78 Å². The van der Waals surface area contributed by atoms with E-state index in [4.69, 9.17) is 9.47 Å². The van der Waals surface area contributed by atoms with E-state index in [-0.39, 0.29) is 11.7 Å². The van der Waals surface area contributed by atoms with E-state index in [2.05, 4.69) is 18.8 Å². The summed E-state index contributed by atoms with van der Waals surface area (Å²) in [6.45, 7) is 3.48. The Labute approximate surface area is 156 Å². The van der Waals surface area contributed by atoms with Gasteiger partial charge in [-0.15, -0.1) is 0 Å². The van der Waals surface area contributed by atoms with Crippen molar-refractivity contribution in [1.82, 2.24) is 0 Å². The van der Waals surface area contributed by atoms with Crippen LogP contribution in [0, 0.1) is 29.4 Å². The lowest BCUT2D eigenvalue weighted by Gasteiger charge is -2.27. The van der Waals surface area contributed by atoms with Crippen LogP contribution in [0.25, 0.3) is 10.8 Å². The van der Waals surface area contributed by atoms with Gasteiger partial charge < -0.3 is 9.47 Å². The lowest BCUT2D eigenvalue weighted by Crippen LogP contribution is -2.24. The molecule has 0 bridgehead atoms. The summed E-state index contributed by atoms with van der Waals surface area (Å²) in [7, 11) is 0. The predicted molar refractivity (Wildman–Crippen MR) is 100 cm³/mol. The van der Waals surface area contributed by atoms with Gasteiger partial charge in [0, 0.05) is 28.0 Å². The van der Waals surface area contributed by atoms with Crippen molar-refractivity contribution in [3.8, 4) is 11.8 Å². The number of rotatable bonds is 1. The molecule has 1 aliphatic heterocycles. The van der Waals surface area contributed by atoms with Crippen LogP contribution >= 0.6 is 0 Å². The molecule has 0 radical (unpaired) electrons. The first-order valence-corrected chi connectivity index (χ1v) is 8.83. The van der Waals surface area contributed by atoms with Gasteiger partial charge in [0.05, 0.1) is 13.2 Å². The van der Waals surface area contributed by atoms with E-state index >= 15 is 0 Å². The fourth-order valence-corrected chi connectivity index (χ4v) is 3.00. The highest BCUT2D eigenvalue weighted by atomic mass is 19.2. The number of fused-ring (bicyclic) bond motifs is 1. The molecule has 27 heavy (non-hydrogen) atoms. The summed E-state index contributed by atoms with van der Waals surface area (Å²) >= 11 is 0. The Morgan fingerprint density at radius 3 is 2.26 bits per heavy atom. The monoisotopic (exact) mass is 364 g/mol. The van der Waals surface area contributed by atoms with Crippen LogP contribution in [0.2, 0.25) is 0 Å². The van der Waals surface area contributed by atoms with E-state index in [1.165, 1.54) is 0 Å². The second-order valence-electron chi connectivity index (χ2n) is 6.77. The van der Waals surface area contributed by atoms with Crippen molar-refractivity contribution in [1.29, 1.82) is 0 Å². The van der Waals surface area contributed by atoms with Gasteiger partial charge in [-0.2, -0.15) is 0 Å². The third kappa shape index (κ3) is 3.85. The lowest BCUT2D eigenvalue weighted by molar-refractivity contribution is -0.202. The normalized spacial score (nSPS) is 19.5. The highest BCUT2D eigenvalue weighted by molar-refractivity contribution is 5.84. The Kier molecular flexibility index (Phi) is 4.89. The van der Waals surface area contributed by atoms with E-state index < -0.39 is 11.6 Å². The first-order valence-electron chi connectivity index (χ1n) is 8.83. The fourth-order valence-electron chi connectivity index (χ4n) is 3.00. The lowest BCUT2D eigenvalue weighted by atomic mass is 10.1. The van der Waals surface area contributed by atoms with Crippen molar-refractivity contribution in [2.75, 3.05) is 13.2 Å². The third-order valence-corrected chi connectivity index (χ3v) is 4.51. The molecular formula is C23H18F2O2. The molecule has 0 aliphatic carbocycles. The summed E-state index contributed by atoms with van der Waals surface area (Å²) in [5.74, 6) is 4.89. The van der Waals surface area contributed by atoms with Crippen LogP contribution in [0.4, 0.5) is 8.78 Å². The Hall–Kier alpha value is -2.74. The summed E-state index contributed by atoms with van der Waals surface area (Å²) in [5.41, 5.74) is 2.56. The zero-order valence-electron chi connectivity index (χ0n) is 14.8. The minimum atomic E-state index is -0.846. The van der Waals surface area contributed by atoms with Gasteiger partial charge in [-0.25, -0.2) is 8.78 Å². The van der Waals surface area contributed by atoms with Crippen molar-refractivity contribution in [3.63, 3.8) is 0 Å². The molecular weight excluding hydrogens is 346 g/mol. The Bertz CT molecular complexity index is 1020. The molecule has 0 amide bonds. The molecule has 1 aliphatic rings. The maximum atomic E-state index is 13.8. The molecule has 4 heteroatoms. The molecule has 136 valence electrons. The molecule has 0 unspecified atom stereocenters. The summed E-state index contributed by atoms with van der Waals surface area (Å²) in [6.07, 6.45) is -0.320. The zero-order valence-corrected chi connectivity index (χ0v) is 14.8. The van der Waals surface area contributed by atoms with Gasteiger partial charge in [0.15, 0.2) is 17.9 Å². The molecule has 1 fully saturated rings. The fraction of sp³-hybridized carbons (Fsp3) is 0.217. The molecule has 3 aromatic carbocycles. The predicted octanol–water partition coefficient (Wildman–Crippen LogP) is 5.20. The molecule has 0 N–H and O–H groups in total. The van der Waals surface area contributed by atoms with Crippen molar-refractivity contribution < 1.29 is 18.3 Å². The van der Waals surface area contributed by atoms with Crippen molar-refractivity contribution in [2.45, 2.75) is 13.2 Å². The minimum Gasteiger partial charge on any atom is -0.348 e. The highest BCUT2D eigenvalue weighted by Crippen LogP contribution is 2.25. The summed E-state index contributed by atoms with van der Waals surface area (Å²) in [4.78, 5) is 0. The molecule has 0 aromatic heterocycles. The molecule has 0 saturated carbocycles.